The number of H-pyrrole nitrogens is 1. The van der Waals surface area contributed by atoms with Gasteiger partial charge in [-0.2, -0.15) is 0 Å². The Morgan fingerprint density at radius 2 is 1.22 bits per heavy atom. The molecule has 0 saturated heterocycles. The number of carbonyl (C=O) groups excluding carboxylic acids is 4. The summed E-state index contributed by atoms with van der Waals surface area (Å²) >= 11 is 0. The maximum absolute atomic E-state index is 13.7. The van der Waals surface area contributed by atoms with E-state index in [4.69, 9.17) is 11.5 Å². The van der Waals surface area contributed by atoms with Gasteiger partial charge in [-0.25, -0.2) is 9.78 Å². The van der Waals surface area contributed by atoms with E-state index in [1.54, 1.807) is 60.8 Å². The SMILES string of the molecule is NCCCC[C@H](NC(=O)[C@H](Cc1c[nH]cn1)NC(=O)CN)C(=O)NC(Cc1ccccc1)C(=O)N[C@@H](Cc1ccccc1)C(=O)O. The number of carboxylic acid groups (broad SMARTS) is 1. The topological polar surface area (TPSA) is 234 Å². The zero-order valence-corrected chi connectivity index (χ0v) is 25.5. The molecule has 0 spiro atoms. The van der Waals surface area contributed by atoms with Gasteiger partial charge in [0.15, 0.2) is 0 Å². The summed E-state index contributed by atoms with van der Waals surface area (Å²) in [6.07, 6.45) is 4.41. The number of imidazole rings is 1. The van der Waals surface area contributed by atoms with Gasteiger partial charge in [0, 0.05) is 25.5 Å². The van der Waals surface area contributed by atoms with Crippen molar-refractivity contribution < 1.29 is 29.1 Å². The maximum atomic E-state index is 13.7. The van der Waals surface area contributed by atoms with E-state index in [2.05, 4.69) is 31.2 Å². The lowest BCUT2D eigenvalue weighted by Crippen LogP contribution is -2.58. The van der Waals surface area contributed by atoms with E-state index in [0.717, 1.165) is 5.56 Å². The number of unbranched alkanes of at least 4 members (excludes halogenated alkanes) is 1. The van der Waals surface area contributed by atoms with E-state index >= 15 is 0 Å². The number of amides is 4. The number of benzene rings is 2. The number of carboxylic acids is 1. The second-order valence-electron chi connectivity index (χ2n) is 10.8. The number of aromatic amines is 1. The number of carbonyl (C=O) groups is 5. The van der Waals surface area contributed by atoms with Crippen LogP contribution in [0.15, 0.2) is 73.2 Å². The molecular formula is C32H42N8O6. The lowest BCUT2D eigenvalue weighted by molar-refractivity contribution is -0.142. The molecule has 0 radical (unpaired) electrons. The monoisotopic (exact) mass is 634 g/mol. The third-order valence-corrected chi connectivity index (χ3v) is 7.20. The summed E-state index contributed by atoms with van der Waals surface area (Å²) < 4.78 is 0. The Morgan fingerprint density at radius 1 is 0.696 bits per heavy atom. The highest BCUT2D eigenvalue weighted by molar-refractivity contribution is 5.95. The number of hydrogen-bond donors (Lipinski definition) is 8. The molecular weight excluding hydrogens is 592 g/mol. The van der Waals surface area contributed by atoms with Crippen LogP contribution in [0.1, 0.15) is 36.1 Å². The Labute approximate surface area is 267 Å². The lowest BCUT2D eigenvalue weighted by Gasteiger charge is -2.26. The highest BCUT2D eigenvalue weighted by atomic mass is 16.4. The fourth-order valence-corrected chi connectivity index (χ4v) is 4.76. The molecule has 0 aliphatic carbocycles. The van der Waals surface area contributed by atoms with Gasteiger partial charge >= 0.3 is 5.97 Å². The summed E-state index contributed by atoms with van der Waals surface area (Å²) in [5.41, 5.74) is 13.1. The molecule has 0 aliphatic heterocycles. The summed E-state index contributed by atoms with van der Waals surface area (Å²) in [5.74, 6) is -3.78. The van der Waals surface area contributed by atoms with E-state index in [0.29, 0.717) is 30.6 Å². The van der Waals surface area contributed by atoms with Crippen molar-refractivity contribution in [2.45, 2.75) is 62.7 Å². The largest absolute Gasteiger partial charge is 0.480 e. The smallest absolute Gasteiger partial charge is 0.326 e. The van der Waals surface area contributed by atoms with E-state index < -0.39 is 53.8 Å². The van der Waals surface area contributed by atoms with Crippen LogP contribution in [0.2, 0.25) is 0 Å². The number of nitrogens with one attached hydrogen (secondary N) is 5. The third-order valence-electron chi connectivity index (χ3n) is 7.20. The third kappa shape index (κ3) is 11.8. The molecule has 10 N–H and O–H groups in total. The van der Waals surface area contributed by atoms with Crippen LogP contribution < -0.4 is 32.7 Å². The first-order valence-corrected chi connectivity index (χ1v) is 15.1. The van der Waals surface area contributed by atoms with Crippen LogP contribution in [-0.2, 0) is 43.2 Å². The minimum atomic E-state index is -1.25. The Kier molecular flexibility index (Phi) is 14.4. The Morgan fingerprint density at radius 3 is 1.74 bits per heavy atom. The minimum absolute atomic E-state index is 0.0369. The zero-order chi connectivity index (χ0) is 33.3. The Balaban J connectivity index is 1.81. The van der Waals surface area contributed by atoms with E-state index in [-0.39, 0.29) is 32.2 Å². The summed E-state index contributed by atoms with van der Waals surface area (Å²) in [5, 5.41) is 20.4. The van der Waals surface area contributed by atoms with Crippen LogP contribution in [0, 0.1) is 0 Å². The molecule has 0 saturated carbocycles. The standard InChI is InChI=1S/C32H42N8O6/c33-14-8-7-13-24(38-31(44)26(37-28(41)18-34)17-23-19-35-20-36-23)29(42)39-25(15-21-9-3-1-4-10-21)30(43)40-27(32(45)46)16-22-11-5-2-6-12-22/h1-6,9-12,19-20,24-27H,7-8,13-18,33-34H2,(H,35,36)(H,37,41)(H,38,44)(H,39,42)(H,40,43)(H,45,46)/t24-,25?,26-,27-/m0/s1. The van der Waals surface area contributed by atoms with Crippen LogP contribution in [0.3, 0.4) is 0 Å². The summed E-state index contributed by atoms with van der Waals surface area (Å²) in [4.78, 5) is 71.8. The first kappa shape index (κ1) is 35.4. The molecule has 246 valence electrons. The lowest BCUT2D eigenvalue weighted by atomic mass is 10.0. The van der Waals surface area contributed by atoms with Crippen LogP contribution in [0.25, 0.3) is 0 Å². The predicted molar refractivity (Wildman–Crippen MR) is 170 cm³/mol. The van der Waals surface area contributed by atoms with Gasteiger partial charge in [-0.3, -0.25) is 19.2 Å². The molecule has 1 aromatic heterocycles. The van der Waals surface area contributed by atoms with Gasteiger partial charge in [0.25, 0.3) is 0 Å². The molecule has 0 aliphatic rings. The zero-order valence-electron chi connectivity index (χ0n) is 25.5. The first-order valence-electron chi connectivity index (χ1n) is 15.1. The van der Waals surface area contributed by atoms with Gasteiger partial charge in [-0.05, 0) is 36.9 Å². The number of rotatable bonds is 19. The fourth-order valence-electron chi connectivity index (χ4n) is 4.76. The number of aromatic nitrogens is 2. The van der Waals surface area contributed by atoms with Crippen molar-refractivity contribution in [2.75, 3.05) is 13.1 Å². The van der Waals surface area contributed by atoms with Crippen molar-refractivity contribution >= 4 is 29.6 Å². The van der Waals surface area contributed by atoms with Crippen molar-refractivity contribution in [3.63, 3.8) is 0 Å². The van der Waals surface area contributed by atoms with Crippen molar-refractivity contribution in [3.8, 4) is 0 Å². The fraction of sp³-hybridized carbons (Fsp3) is 0.375. The van der Waals surface area contributed by atoms with E-state index in [1.807, 2.05) is 6.07 Å². The van der Waals surface area contributed by atoms with Gasteiger partial charge in [-0.15, -0.1) is 0 Å². The molecule has 3 aromatic rings. The number of nitrogens with two attached hydrogens (primary N) is 2. The van der Waals surface area contributed by atoms with Gasteiger partial charge in [0.2, 0.25) is 23.6 Å². The second kappa shape index (κ2) is 18.7. The summed E-state index contributed by atoms with van der Waals surface area (Å²) in [6, 6.07) is 13.2. The van der Waals surface area contributed by atoms with Crippen molar-refractivity contribution in [1.82, 2.24) is 31.2 Å². The highest BCUT2D eigenvalue weighted by Gasteiger charge is 2.31. The predicted octanol–water partition coefficient (Wildman–Crippen LogP) is -0.451. The Bertz CT molecular complexity index is 1400. The van der Waals surface area contributed by atoms with Crippen molar-refractivity contribution in [2.24, 2.45) is 11.5 Å². The molecule has 0 bridgehead atoms. The second-order valence-corrected chi connectivity index (χ2v) is 10.8. The number of aliphatic carboxylic acids is 1. The van der Waals surface area contributed by atoms with Crippen LogP contribution in [0.4, 0.5) is 0 Å². The van der Waals surface area contributed by atoms with Crippen LogP contribution in [-0.4, -0.2) is 81.9 Å². The average Bonchev–Trinajstić information content (AvgIpc) is 3.57. The summed E-state index contributed by atoms with van der Waals surface area (Å²) in [7, 11) is 0. The van der Waals surface area contributed by atoms with Crippen LogP contribution >= 0.6 is 0 Å². The molecule has 46 heavy (non-hydrogen) atoms. The molecule has 4 atom stereocenters. The Hall–Kier alpha value is -5.08. The normalized spacial score (nSPS) is 13.4. The molecule has 2 aromatic carbocycles. The molecule has 14 nitrogen and oxygen atoms in total. The van der Waals surface area contributed by atoms with Gasteiger partial charge in [0.1, 0.15) is 24.2 Å². The molecule has 4 amide bonds. The van der Waals surface area contributed by atoms with Crippen molar-refractivity contribution in [3.05, 3.63) is 90.0 Å². The number of nitrogens with zero attached hydrogens (tertiary/aromatic N) is 1. The molecule has 0 fully saturated rings. The molecule has 3 rings (SSSR count). The van der Waals surface area contributed by atoms with Gasteiger partial charge in [0.05, 0.1) is 18.6 Å². The van der Waals surface area contributed by atoms with E-state index in [1.165, 1.54) is 6.33 Å². The van der Waals surface area contributed by atoms with Gasteiger partial charge < -0.3 is 42.8 Å². The highest BCUT2D eigenvalue weighted by Crippen LogP contribution is 2.09. The molecule has 1 unspecified atom stereocenters. The first-order chi connectivity index (χ1) is 22.2. The van der Waals surface area contributed by atoms with E-state index in [9.17, 15) is 29.1 Å². The molecule has 1 heterocycles. The molecule has 14 heteroatoms. The van der Waals surface area contributed by atoms with Crippen LogP contribution in [0.5, 0.6) is 0 Å². The van der Waals surface area contributed by atoms with Crippen molar-refractivity contribution in [1.29, 1.82) is 0 Å². The quantitative estimate of drug-likeness (QED) is 0.0796. The number of hydrogen-bond acceptors (Lipinski definition) is 8. The minimum Gasteiger partial charge on any atom is -0.480 e. The average molecular weight is 635 g/mol. The maximum Gasteiger partial charge on any atom is 0.326 e. The summed E-state index contributed by atoms with van der Waals surface area (Å²) in [6.45, 7) is 0.0241. The van der Waals surface area contributed by atoms with Gasteiger partial charge in [-0.1, -0.05) is 60.7 Å².